The normalized spacial score (nSPS) is 14.1. The van der Waals surface area contributed by atoms with Crippen molar-refractivity contribution < 1.29 is 28.7 Å². The van der Waals surface area contributed by atoms with Gasteiger partial charge < -0.3 is 14.8 Å². The molecule has 0 unspecified atom stereocenters. The molecule has 1 heterocycles. The Kier molecular flexibility index (Phi) is 7.95. The van der Waals surface area contributed by atoms with Crippen molar-refractivity contribution in [2.45, 2.75) is 6.92 Å². The Balaban J connectivity index is 1.50. The number of esters is 1. The number of hydrogen-bond donors (Lipinski definition) is 1. The van der Waals surface area contributed by atoms with Gasteiger partial charge in [-0.05, 0) is 66.7 Å². The number of benzene rings is 3. The Labute approximate surface area is 222 Å². The Bertz CT molecular complexity index is 1410. The summed E-state index contributed by atoms with van der Waals surface area (Å²) in [7, 11) is 1.39. The van der Waals surface area contributed by atoms with Crippen LogP contribution in [0.25, 0.3) is 6.08 Å². The fourth-order valence-corrected chi connectivity index (χ4v) is 4.51. The molecule has 10 heteroatoms. The standard InChI is InChI=1S/C27H21ClN2O6S/c1-16-8-10-18(11-9-16)26(33)36-24-20(28)12-17(13-21(24)35-2)14-22-25(32)30(27(34)37-22)15-23(31)29-19-6-4-3-5-7-19/h3-14H,15H2,1-2H3,(H,29,31)/b22-14-. The summed E-state index contributed by atoms with van der Waals surface area (Å²) in [6.07, 6.45) is 1.46. The molecule has 1 fully saturated rings. The molecule has 3 amide bonds. The molecular formula is C27H21ClN2O6S. The summed E-state index contributed by atoms with van der Waals surface area (Å²) in [5, 5.41) is 2.15. The first kappa shape index (κ1) is 26.0. The van der Waals surface area contributed by atoms with Crippen molar-refractivity contribution >= 4 is 58.1 Å². The van der Waals surface area contributed by atoms with E-state index in [4.69, 9.17) is 21.1 Å². The molecular weight excluding hydrogens is 516 g/mol. The number of aryl methyl sites for hydroxylation is 1. The number of halogens is 1. The lowest BCUT2D eigenvalue weighted by Crippen LogP contribution is -2.36. The van der Waals surface area contributed by atoms with E-state index in [0.29, 0.717) is 28.6 Å². The van der Waals surface area contributed by atoms with Crippen LogP contribution in [0.2, 0.25) is 5.02 Å². The first-order valence-corrected chi connectivity index (χ1v) is 12.2. The minimum Gasteiger partial charge on any atom is -0.493 e. The third-order valence-corrected chi connectivity index (χ3v) is 6.45. The predicted octanol–water partition coefficient (Wildman–Crippen LogP) is 5.55. The van der Waals surface area contributed by atoms with Gasteiger partial charge in [0.2, 0.25) is 5.91 Å². The highest BCUT2D eigenvalue weighted by Crippen LogP contribution is 2.39. The van der Waals surface area contributed by atoms with Crippen molar-refractivity contribution in [3.63, 3.8) is 0 Å². The van der Waals surface area contributed by atoms with Crippen molar-refractivity contribution in [3.05, 3.63) is 93.3 Å². The van der Waals surface area contributed by atoms with Crippen LogP contribution in [0.1, 0.15) is 21.5 Å². The van der Waals surface area contributed by atoms with E-state index in [2.05, 4.69) is 5.32 Å². The molecule has 1 aliphatic rings. The molecule has 37 heavy (non-hydrogen) atoms. The van der Waals surface area contributed by atoms with E-state index in [0.717, 1.165) is 10.5 Å². The van der Waals surface area contributed by atoms with Gasteiger partial charge in [0.25, 0.3) is 11.1 Å². The van der Waals surface area contributed by atoms with Crippen LogP contribution < -0.4 is 14.8 Å². The van der Waals surface area contributed by atoms with Gasteiger partial charge in [-0.1, -0.05) is 47.5 Å². The molecule has 188 valence electrons. The number of carbonyl (C=O) groups excluding carboxylic acids is 4. The molecule has 0 aromatic heterocycles. The topological polar surface area (TPSA) is 102 Å². The fourth-order valence-electron chi connectivity index (χ4n) is 3.42. The molecule has 0 bridgehead atoms. The average molecular weight is 537 g/mol. The van der Waals surface area contributed by atoms with Gasteiger partial charge in [0, 0.05) is 5.69 Å². The monoisotopic (exact) mass is 536 g/mol. The maximum Gasteiger partial charge on any atom is 0.343 e. The maximum absolute atomic E-state index is 12.8. The van der Waals surface area contributed by atoms with E-state index in [1.807, 2.05) is 6.92 Å². The third kappa shape index (κ3) is 6.19. The summed E-state index contributed by atoms with van der Waals surface area (Å²) in [4.78, 5) is 51.1. The quantitative estimate of drug-likeness (QED) is 0.240. The third-order valence-electron chi connectivity index (χ3n) is 5.26. The Hall–Kier alpha value is -4.08. The smallest absolute Gasteiger partial charge is 0.343 e. The summed E-state index contributed by atoms with van der Waals surface area (Å²) in [6, 6.07) is 18.6. The van der Waals surface area contributed by atoms with Gasteiger partial charge in [-0.3, -0.25) is 19.3 Å². The van der Waals surface area contributed by atoms with Gasteiger partial charge in [-0.2, -0.15) is 0 Å². The number of hydrogen-bond acceptors (Lipinski definition) is 7. The number of anilines is 1. The van der Waals surface area contributed by atoms with Crippen LogP contribution in [0.5, 0.6) is 11.5 Å². The second kappa shape index (κ2) is 11.3. The van der Waals surface area contributed by atoms with E-state index in [1.54, 1.807) is 54.6 Å². The minimum atomic E-state index is -0.608. The predicted molar refractivity (Wildman–Crippen MR) is 142 cm³/mol. The number of methoxy groups -OCH3 is 1. The van der Waals surface area contributed by atoms with Gasteiger partial charge in [0.15, 0.2) is 11.5 Å². The summed E-state index contributed by atoms with van der Waals surface area (Å²) >= 11 is 7.09. The average Bonchev–Trinajstić information content (AvgIpc) is 3.13. The molecule has 3 aromatic carbocycles. The zero-order valence-corrected chi connectivity index (χ0v) is 21.4. The lowest BCUT2D eigenvalue weighted by molar-refractivity contribution is -0.127. The molecule has 0 radical (unpaired) electrons. The molecule has 0 spiro atoms. The highest BCUT2D eigenvalue weighted by Gasteiger charge is 2.36. The summed E-state index contributed by atoms with van der Waals surface area (Å²) in [5.41, 5.74) is 2.34. The Morgan fingerprint density at radius 1 is 1.05 bits per heavy atom. The molecule has 1 saturated heterocycles. The number of thioether (sulfide) groups is 1. The van der Waals surface area contributed by atoms with Crippen LogP contribution in [-0.2, 0) is 9.59 Å². The molecule has 1 N–H and O–H groups in total. The number of carbonyl (C=O) groups is 4. The van der Waals surface area contributed by atoms with Crippen LogP contribution in [0, 0.1) is 6.92 Å². The lowest BCUT2D eigenvalue weighted by Gasteiger charge is -2.13. The van der Waals surface area contributed by atoms with Gasteiger partial charge in [-0.25, -0.2) is 4.79 Å². The van der Waals surface area contributed by atoms with Gasteiger partial charge in [0.1, 0.15) is 6.54 Å². The van der Waals surface area contributed by atoms with Crippen LogP contribution in [-0.4, -0.2) is 41.6 Å². The minimum absolute atomic E-state index is 0.0255. The molecule has 8 nitrogen and oxygen atoms in total. The van der Waals surface area contributed by atoms with Crippen molar-refractivity contribution in [1.29, 1.82) is 0 Å². The molecule has 0 atom stereocenters. The largest absolute Gasteiger partial charge is 0.493 e. The van der Waals surface area contributed by atoms with Crippen molar-refractivity contribution in [3.8, 4) is 11.5 Å². The summed E-state index contributed by atoms with van der Waals surface area (Å²) in [5.74, 6) is -1.52. The van der Waals surface area contributed by atoms with E-state index in [9.17, 15) is 19.2 Å². The number of amides is 3. The summed E-state index contributed by atoms with van der Waals surface area (Å²) < 4.78 is 10.8. The second-order valence-electron chi connectivity index (χ2n) is 7.97. The Morgan fingerprint density at radius 3 is 2.43 bits per heavy atom. The highest BCUT2D eigenvalue weighted by molar-refractivity contribution is 8.18. The zero-order chi connectivity index (χ0) is 26.5. The molecule has 1 aliphatic heterocycles. The van der Waals surface area contributed by atoms with Crippen LogP contribution >= 0.6 is 23.4 Å². The maximum atomic E-state index is 12.8. The first-order chi connectivity index (χ1) is 17.7. The van der Waals surface area contributed by atoms with Gasteiger partial charge in [-0.15, -0.1) is 0 Å². The van der Waals surface area contributed by atoms with Crippen LogP contribution in [0.3, 0.4) is 0 Å². The number of rotatable bonds is 7. The van der Waals surface area contributed by atoms with Gasteiger partial charge >= 0.3 is 5.97 Å². The van der Waals surface area contributed by atoms with Gasteiger partial charge in [0.05, 0.1) is 22.6 Å². The highest BCUT2D eigenvalue weighted by atomic mass is 35.5. The second-order valence-corrected chi connectivity index (χ2v) is 9.37. The number of nitrogens with zero attached hydrogens (tertiary/aromatic N) is 1. The van der Waals surface area contributed by atoms with E-state index in [1.165, 1.54) is 25.3 Å². The zero-order valence-electron chi connectivity index (χ0n) is 19.8. The first-order valence-electron chi connectivity index (χ1n) is 11.0. The van der Waals surface area contributed by atoms with Crippen molar-refractivity contribution in [2.24, 2.45) is 0 Å². The van der Waals surface area contributed by atoms with Crippen molar-refractivity contribution in [1.82, 2.24) is 4.90 Å². The summed E-state index contributed by atoms with van der Waals surface area (Å²) in [6.45, 7) is 1.48. The molecule has 0 saturated carbocycles. The number of imide groups is 1. The number of para-hydroxylation sites is 1. The van der Waals surface area contributed by atoms with Crippen molar-refractivity contribution in [2.75, 3.05) is 19.0 Å². The van der Waals surface area contributed by atoms with E-state index >= 15 is 0 Å². The SMILES string of the molecule is COc1cc(/C=C2\SC(=O)N(CC(=O)Nc3ccccc3)C2=O)cc(Cl)c1OC(=O)c1ccc(C)cc1. The van der Waals surface area contributed by atoms with E-state index in [-0.39, 0.29) is 21.4 Å². The van der Waals surface area contributed by atoms with E-state index < -0.39 is 29.6 Å². The lowest BCUT2D eigenvalue weighted by atomic mass is 10.1. The van der Waals surface area contributed by atoms with Crippen LogP contribution in [0.15, 0.2) is 71.6 Å². The molecule has 3 aromatic rings. The Morgan fingerprint density at radius 2 is 1.76 bits per heavy atom. The fraction of sp³-hybridized carbons (Fsp3) is 0.111. The molecule has 0 aliphatic carbocycles. The molecule has 4 rings (SSSR count). The van der Waals surface area contributed by atoms with Crippen LogP contribution in [0.4, 0.5) is 10.5 Å². The number of nitrogens with one attached hydrogen (secondary N) is 1. The number of ether oxygens (including phenoxy) is 2.